The standard InChI is InChI=1S/C23H26N5O5PS/c1-26(2)19-9-10-21(20(16-19)24-23(29)22-4-3-15-35-22)34(32,27-11-13-33-14-12-27)25-17-5-7-18(8-6-17)28(30)31/h3-10,15-16H,11-14H2,1-2H3,(H,24,29)(H,25,32)/t34-/m0/s1. The van der Waals surface area contributed by atoms with E-state index < -0.39 is 12.4 Å². The smallest absolute Gasteiger partial charge is 0.269 e. The SMILES string of the molecule is CN(C)c1ccc([P@](=O)(Nc2ccc([N+](=O)[O-])cc2)N2CCOCC2)c(NC(=O)c2cccs2)c1. The minimum Gasteiger partial charge on any atom is -0.379 e. The van der Waals surface area contributed by atoms with E-state index in [-0.39, 0.29) is 11.6 Å². The molecule has 1 aliphatic heterocycles. The highest BCUT2D eigenvalue weighted by Gasteiger charge is 2.37. The third kappa shape index (κ3) is 5.54. The second kappa shape index (κ2) is 10.6. The number of morpholine rings is 1. The molecule has 0 bridgehead atoms. The number of benzene rings is 2. The number of nitrogens with one attached hydrogen (secondary N) is 2. The Labute approximate surface area is 207 Å². The van der Waals surface area contributed by atoms with Gasteiger partial charge in [0.2, 0.25) is 0 Å². The molecule has 2 N–H and O–H groups in total. The number of nitrogens with zero attached hydrogens (tertiary/aromatic N) is 3. The molecule has 2 aromatic carbocycles. The lowest BCUT2D eigenvalue weighted by Gasteiger charge is -2.36. The van der Waals surface area contributed by atoms with Crippen LogP contribution in [0.2, 0.25) is 0 Å². The van der Waals surface area contributed by atoms with Crippen molar-refractivity contribution in [3.63, 3.8) is 0 Å². The molecular weight excluding hydrogens is 489 g/mol. The maximum atomic E-state index is 14.8. The van der Waals surface area contributed by atoms with Gasteiger partial charge in [-0.15, -0.1) is 11.3 Å². The predicted molar refractivity (Wildman–Crippen MR) is 139 cm³/mol. The number of carbonyl (C=O) groups excluding carboxylic acids is 1. The molecule has 184 valence electrons. The molecule has 1 saturated heterocycles. The van der Waals surface area contributed by atoms with Gasteiger partial charge >= 0.3 is 0 Å². The van der Waals surface area contributed by atoms with Crippen molar-refractivity contribution in [1.82, 2.24) is 4.67 Å². The van der Waals surface area contributed by atoms with E-state index in [0.29, 0.717) is 47.9 Å². The van der Waals surface area contributed by atoms with Gasteiger partial charge in [0.1, 0.15) is 0 Å². The number of carbonyl (C=O) groups is 1. The number of nitro groups is 1. The second-order valence-electron chi connectivity index (χ2n) is 8.09. The molecule has 4 rings (SSSR count). The molecule has 1 aromatic heterocycles. The average Bonchev–Trinajstić information content (AvgIpc) is 3.40. The average molecular weight is 516 g/mol. The maximum Gasteiger partial charge on any atom is 0.269 e. The number of ether oxygens (including phenoxy) is 1. The first-order valence-electron chi connectivity index (χ1n) is 10.9. The Morgan fingerprint density at radius 2 is 1.86 bits per heavy atom. The van der Waals surface area contributed by atoms with Gasteiger partial charge in [0.25, 0.3) is 19.0 Å². The number of thiophene rings is 1. The summed E-state index contributed by atoms with van der Waals surface area (Å²) in [5.74, 6) is -0.291. The van der Waals surface area contributed by atoms with E-state index in [0.717, 1.165) is 5.69 Å². The highest BCUT2D eigenvalue weighted by molar-refractivity contribution is 7.71. The third-order valence-corrected chi connectivity index (χ3v) is 9.23. The molecule has 12 heteroatoms. The fraction of sp³-hybridized carbons (Fsp3) is 0.261. The van der Waals surface area contributed by atoms with Crippen LogP contribution < -0.4 is 20.6 Å². The van der Waals surface area contributed by atoms with Crippen molar-refractivity contribution in [1.29, 1.82) is 0 Å². The molecule has 1 amide bonds. The van der Waals surface area contributed by atoms with Gasteiger partial charge in [-0.05, 0) is 41.8 Å². The van der Waals surface area contributed by atoms with E-state index >= 15 is 0 Å². The summed E-state index contributed by atoms with van der Waals surface area (Å²) in [6.45, 7) is 1.67. The number of nitro benzene ring substituents is 1. The third-order valence-electron chi connectivity index (χ3n) is 5.56. The van der Waals surface area contributed by atoms with Crippen LogP contribution in [-0.2, 0) is 9.30 Å². The Kier molecular flexibility index (Phi) is 7.51. The minimum atomic E-state index is -3.52. The van der Waals surface area contributed by atoms with E-state index in [4.69, 9.17) is 4.74 Å². The summed E-state index contributed by atoms with van der Waals surface area (Å²) in [6, 6.07) is 14.7. The molecule has 2 heterocycles. The number of hydrogen-bond acceptors (Lipinski definition) is 7. The van der Waals surface area contributed by atoms with Crippen molar-refractivity contribution in [3.05, 3.63) is 75.0 Å². The zero-order valence-electron chi connectivity index (χ0n) is 19.3. The van der Waals surface area contributed by atoms with Crippen LogP contribution in [0.4, 0.5) is 22.7 Å². The van der Waals surface area contributed by atoms with Gasteiger partial charge in [-0.25, -0.2) is 4.67 Å². The zero-order valence-corrected chi connectivity index (χ0v) is 21.1. The van der Waals surface area contributed by atoms with Crippen LogP contribution >= 0.6 is 18.8 Å². The lowest BCUT2D eigenvalue weighted by molar-refractivity contribution is -0.384. The molecule has 3 aromatic rings. The predicted octanol–water partition coefficient (Wildman–Crippen LogP) is 4.24. The molecule has 0 aliphatic carbocycles. The largest absolute Gasteiger partial charge is 0.379 e. The molecule has 1 atom stereocenters. The summed E-state index contributed by atoms with van der Waals surface area (Å²) >= 11 is 1.32. The summed E-state index contributed by atoms with van der Waals surface area (Å²) in [7, 11) is 0.246. The van der Waals surface area contributed by atoms with Crippen LogP contribution in [0.25, 0.3) is 0 Å². The van der Waals surface area contributed by atoms with Gasteiger partial charge < -0.3 is 20.0 Å². The first-order chi connectivity index (χ1) is 16.8. The van der Waals surface area contributed by atoms with Crippen molar-refractivity contribution in [2.45, 2.75) is 0 Å². The molecule has 0 saturated carbocycles. The minimum absolute atomic E-state index is 0.0593. The first-order valence-corrected chi connectivity index (χ1v) is 13.4. The highest BCUT2D eigenvalue weighted by Crippen LogP contribution is 2.51. The number of non-ortho nitro benzene ring substituents is 1. The van der Waals surface area contributed by atoms with E-state index in [1.54, 1.807) is 24.3 Å². The normalized spacial score (nSPS) is 15.7. The van der Waals surface area contributed by atoms with E-state index in [1.807, 2.05) is 35.1 Å². The number of rotatable bonds is 8. The van der Waals surface area contributed by atoms with Crippen LogP contribution in [0.15, 0.2) is 60.0 Å². The Bertz CT molecular complexity index is 1240. The van der Waals surface area contributed by atoms with Crippen molar-refractivity contribution < 1.29 is 19.0 Å². The van der Waals surface area contributed by atoms with Crippen LogP contribution in [0, 0.1) is 10.1 Å². The van der Waals surface area contributed by atoms with Crippen molar-refractivity contribution >= 4 is 52.7 Å². The molecule has 0 radical (unpaired) electrons. The summed E-state index contributed by atoms with van der Waals surface area (Å²) in [6.07, 6.45) is 0. The van der Waals surface area contributed by atoms with Crippen molar-refractivity contribution in [2.75, 3.05) is 55.7 Å². The highest BCUT2D eigenvalue weighted by atomic mass is 32.1. The van der Waals surface area contributed by atoms with Crippen LogP contribution in [-0.4, -0.2) is 55.9 Å². The Morgan fingerprint density at radius 1 is 1.14 bits per heavy atom. The number of amides is 1. The van der Waals surface area contributed by atoms with Gasteiger partial charge in [0.05, 0.1) is 34.0 Å². The first kappa shape index (κ1) is 24.9. The monoisotopic (exact) mass is 515 g/mol. The maximum absolute atomic E-state index is 14.8. The van der Waals surface area contributed by atoms with Gasteiger partial charge in [0.15, 0.2) is 0 Å². The fourth-order valence-electron chi connectivity index (χ4n) is 3.71. The Balaban J connectivity index is 1.78. The van der Waals surface area contributed by atoms with Gasteiger partial charge in [-0.1, -0.05) is 6.07 Å². The lowest BCUT2D eigenvalue weighted by Crippen LogP contribution is -2.39. The molecule has 0 spiro atoms. The summed E-state index contributed by atoms with van der Waals surface area (Å²) < 4.78 is 22.1. The molecule has 1 fully saturated rings. The van der Waals surface area contributed by atoms with Gasteiger partial charge in [-0.3, -0.25) is 19.5 Å². The van der Waals surface area contributed by atoms with Crippen molar-refractivity contribution in [2.24, 2.45) is 0 Å². The number of anilines is 3. The molecular formula is C23H26N5O5PS. The van der Waals surface area contributed by atoms with E-state index in [2.05, 4.69) is 10.4 Å². The van der Waals surface area contributed by atoms with Crippen molar-refractivity contribution in [3.8, 4) is 0 Å². The molecule has 35 heavy (non-hydrogen) atoms. The molecule has 1 aliphatic rings. The second-order valence-corrected chi connectivity index (χ2v) is 11.5. The van der Waals surface area contributed by atoms with Crippen LogP contribution in [0.5, 0.6) is 0 Å². The van der Waals surface area contributed by atoms with E-state index in [9.17, 15) is 19.5 Å². The number of hydrogen-bond donors (Lipinski definition) is 2. The Hall–Kier alpha value is -3.24. The van der Waals surface area contributed by atoms with Gasteiger partial charge in [-0.2, -0.15) is 0 Å². The van der Waals surface area contributed by atoms with Crippen LogP contribution in [0.3, 0.4) is 0 Å². The van der Waals surface area contributed by atoms with Gasteiger partial charge in [0, 0.05) is 50.7 Å². The lowest BCUT2D eigenvalue weighted by atomic mass is 10.2. The topological polar surface area (TPSA) is 117 Å². The summed E-state index contributed by atoms with van der Waals surface area (Å²) in [5.41, 5.74) is 1.67. The summed E-state index contributed by atoms with van der Waals surface area (Å²) in [5, 5.41) is 19.4. The summed E-state index contributed by atoms with van der Waals surface area (Å²) in [4.78, 5) is 26.0. The zero-order chi connectivity index (χ0) is 25.0. The fourth-order valence-corrected chi connectivity index (χ4v) is 6.84. The Morgan fingerprint density at radius 3 is 2.46 bits per heavy atom. The molecule has 10 nitrogen and oxygen atoms in total. The quantitative estimate of drug-likeness (QED) is 0.260. The van der Waals surface area contributed by atoms with Crippen LogP contribution in [0.1, 0.15) is 9.67 Å². The molecule has 0 unspecified atom stereocenters. The van der Waals surface area contributed by atoms with E-state index in [1.165, 1.54) is 35.6 Å².